The van der Waals surface area contributed by atoms with E-state index in [0.717, 1.165) is 42.5 Å². The van der Waals surface area contributed by atoms with Crippen LogP contribution in [0.25, 0.3) is 0 Å². The number of aryl methyl sites for hydroxylation is 3. The number of nitrogens with zero attached hydrogens (tertiary/aromatic N) is 2. The van der Waals surface area contributed by atoms with E-state index in [1.165, 1.54) is 16.8 Å². The first-order chi connectivity index (χ1) is 12.9. The lowest BCUT2D eigenvalue weighted by molar-refractivity contribution is 0.0661. The van der Waals surface area contributed by atoms with Crippen molar-refractivity contribution in [3.05, 3.63) is 58.1 Å². The van der Waals surface area contributed by atoms with Gasteiger partial charge in [0.1, 0.15) is 18.5 Å². The van der Waals surface area contributed by atoms with E-state index in [1.54, 1.807) is 0 Å². The minimum Gasteiger partial charge on any atom is -0.491 e. The highest BCUT2D eigenvalue weighted by Gasteiger charge is 2.21. The van der Waals surface area contributed by atoms with Crippen molar-refractivity contribution in [2.24, 2.45) is 0 Å². The Labute approximate surface area is 191 Å². The van der Waals surface area contributed by atoms with Crippen LogP contribution in [0.1, 0.15) is 16.7 Å². The average molecular weight is 462 g/mol. The lowest BCUT2D eigenvalue weighted by Crippen LogP contribution is -2.49. The summed E-state index contributed by atoms with van der Waals surface area (Å²) in [6.45, 7) is 10.9. The van der Waals surface area contributed by atoms with E-state index in [9.17, 15) is 5.11 Å². The van der Waals surface area contributed by atoms with Crippen LogP contribution in [0.15, 0.2) is 36.4 Å². The van der Waals surface area contributed by atoms with Crippen molar-refractivity contribution in [1.82, 2.24) is 4.90 Å². The number of hydrogen-bond acceptors (Lipinski definition) is 4. The number of aliphatic hydroxyl groups excluding tert-OH is 1. The molecule has 0 spiro atoms. The molecule has 1 atom stereocenters. The van der Waals surface area contributed by atoms with Gasteiger partial charge in [-0.3, -0.25) is 4.90 Å². The van der Waals surface area contributed by atoms with Crippen molar-refractivity contribution >= 4 is 42.1 Å². The molecule has 1 unspecified atom stereocenters. The molecule has 1 fully saturated rings. The van der Waals surface area contributed by atoms with Gasteiger partial charge in [-0.2, -0.15) is 0 Å². The first-order valence-corrected chi connectivity index (χ1v) is 9.92. The number of rotatable bonds is 6. The molecule has 7 heteroatoms. The topological polar surface area (TPSA) is 35.9 Å². The number of hydrogen-bond donors (Lipinski definition) is 1. The molecule has 1 aliphatic rings. The predicted molar refractivity (Wildman–Crippen MR) is 127 cm³/mol. The molecule has 2 aromatic rings. The summed E-state index contributed by atoms with van der Waals surface area (Å²) in [5.41, 5.74) is 4.77. The number of ether oxygens (including phenoxy) is 1. The molecule has 1 heterocycles. The van der Waals surface area contributed by atoms with Crippen LogP contribution in [0.5, 0.6) is 5.75 Å². The van der Waals surface area contributed by atoms with Crippen molar-refractivity contribution in [3.63, 3.8) is 0 Å². The Balaban J connectivity index is 0.00000210. The van der Waals surface area contributed by atoms with Gasteiger partial charge in [-0.05, 0) is 50.1 Å². The van der Waals surface area contributed by atoms with Crippen molar-refractivity contribution < 1.29 is 9.84 Å². The highest BCUT2D eigenvalue weighted by molar-refractivity contribution is 6.30. The van der Waals surface area contributed by atoms with Gasteiger partial charge in [0.05, 0.1) is 0 Å². The van der Waals surface area contributed by atoms with E-state index in [0.29, 0.717) is 13.2 Å². The average Bonchev–Trinajstić information content (AvgIpc) is 2.64. The van der Waals surface area contributed by atoms with E-state index >= 15 is 0 Å². The van der Waals surface area contributed by atoms with Gasteiger partial charge in [-0.25, -0.2) is 0 Å². The molecule has 1 saturated heterocycles. The standard InChI is InChI=1S/C22H29ClN2O2.2ClH/c1-16-4-7-22(18(3)12-16)27-15-20(26)14-24-8-10-25(11-9-24)21-13-19(23)6-5-17(21)2;;/h4-7,12-13,20,26H,8-11,14-15H2,1-3H3;2*1H. The van der Waals surface area contributed by atoms with Crippen LogP contribution in [0.2, 0.25) is 5.02 Å². The molecule has 0 radical (unpaired) electrons. The van der Waals surface area contributed by atoms with Gasteiger partial charge in [-0.1, -0.05) is 35.4 Å². The van der Waals surface area contributed by atoms with Crippen LogP contribution in [0.4, 0.5) is 5.69 Å². The molecule has 0 bridgehead atoms. The SMILES string of the molecule is Cc1ccc(OCC(O)CN2CCN(c3cc(Cl)ccc3C)CC2)c(C)c1.Cl.Cl. The molecular formula is C22H31Cl3N2O2. The van der Waals surface area contributed by atoms with E-state index in [4.69, 9.17) is 16.3 Å². The molecule has 3 rings (SSSR count). The summed E-state index contributed by atoms with van der Waals surface area (Å²) in [6, 6.07) is 12.1. The van der Waals surface area contributed by atoms with Crippen molar-refractivity contribution in [1.29, 1.82) is 0 Å². The molecule has 162 valence electrons. The third-order valence-corrected chi connectivity index (χ3v) is 5.35. The largest absolute Gasteiger partial charge is 0.491 e. The predicted octanol–water partition coefficient (Wildman–Crippen LogP) is 4.67. The Morgan fingerprint density at radius 2 is 1.66 bits per heavy atom. The van der Waals surface area contributed by atoms with Gasteiger partial charge in [0.2, 0.25) is 0 Å². The number of benzene rings is 2. The minimum absolute atomic E-state index is 0. The normalized spacial score (nSPS) is 15.3. The molecule has 2 aromatic carbocycles. The van der Waals surface area contributed by atoms with E-state index < -0.39 is 6.10 Å². The fraction of sp³-hybridized carbons (Fsp3) is 0.455. The summed E-state index contributed by atoms with van der Waals surface area (Å²) >= 11 is 6.15. The fourth-order valence-electron chi connectivity index (χ4n) is 3.59. The second-order valence-corrected chi connectivity index (χ2v) is 7.89. The maximum Gasteiger partial charge on any atom is 0.122 e. The summed E-state index contributed by atoms with van der Waals surface area (Å²) in [6.07, 6.45) is -0.495. The van der Waals surface area contributed by atoms with Crippen LogP contribution < -0.4 is 9.64 Å². The van der Waals surface area contributed by atoms with Gasteiger partial charge < -0.3 is 14.7 Å². The van der Waals surface area contributed by atoms with Crippen LogP contribution in [-0.2, 0) is 0 Å². The third-order valence-electron chi connectivity index (χ3n) is 5.11. The van der Waals surface area contributed by atoms with E-state index in [-0.39, 0.29) is 24.8 Å². The van der Waals surface area contributed by atoms with Crippen molar-refractivity contribution in [3.8, 4) is 5.75 Å². The highest BCUT2D eigenvalue weighted by Crippen LogP contribution is 2.25. The summed E-state index contributed by atoms with van der Waals surface area (Å²) in [4.78, 5) is 4.67. The quantitative estimate of drug-likeness (QED) is 0.678. The Kier molecular flexibility index (Phi) is 10.6. The fourth-order valence-corrected chi connectivity index (χ4v) is 3.76. The van der Waals surface area contributed by atoms with Gasteiger partial charge in [-0.15, -0.1) is 24.8 Å². The zero-order valence-electron chi connectivity index (χ0n) is 17.2. The van der Waals surface area contributed by atoms with Crippen molar-refractivity contribution in [2.45, 2.75) is 26.9 Å². The summed E-state index contributed by atoms with van der Waals surface area (Å²) in [5, 5.41) is 11.1. The van der Waals surface area contributed by atoms with Crippen LogP contribution in [0, 0.1) is 20.8 Å². The molecule has 1 aliphatic heterocycles. The van der Waals surface area contributed by atoms with Crippen molar-refractivity contribution in [2.75, 3.05) is 44.2 Å². The molecule has 0 aliphatic carbocycles. The molecule has 4 nitrogen and oxygen atoms in total. The maximum absolute atomic E-state index is 10.4. The van der Waals surface area contributed by atoms with Crippen LogP contribution in [0.3, 0.4) is 0 Å². The monoisotopic (exact) mass is 460 g/mol. The molecular weight excluding hydrogens is 431 g/mol. The molecule has 0 saturated carbocycles. The summed E-state index contributed by atoms with van der Waals surface area (Å²) in [5.74, 6) is 0.848. The summed E-state index contributed by atoms with van der Waals surface area (Å²) < 4.78 is 5.81. The number of piperazine rings is 1. The molecule has 1 N–H and O–H groups in total. The summed E-state index contributed by atoms with van der Waals surface area (Å²) in [7, 11) is 0. The van der Waals surface area contributed by atoms with Gasteiger partial charge in [0, 0.05) is 43.4 Å². The van der Waals surface area contributed by atoms with Gasteiger partial charge in [0.15, 0.2) is 0 Å². The molecule has 0 amide bonds. The van der Waals surface area contributed by atoms with E-state index in [2.05, 4.69) is 35.8 Å². The zero-order chi connectivity index (χ0) is 19.4. The second-order valence-electron chi connectivity index (χ2n) is 7.45. The van der Waals surface area contributed by atoms with Crippen LogP contribution in [-0.4, -0.2) is 55.4 Å². The van der Waals surface area contributed by atoms with Gasteiger partial charge in [0.25, 0.3) is 0 Å². The number of halogens is 3. The number of β-amino-alcohol motifs (C(OH)–C–C–N with tert-alkyl or cyclic N) is 1. The Morgan fingerprint density at radius 3 is 2.31 bits per heavy atom. The van der Waals surface area contributed by atoms with E-state index in [1.807, 2.05) is 31.2 Å². The van der Waals surface area contributed by atoms with Crippen LogP contribution >= 0.6 is 36.4 Å². The third kappa shape index (κ3) is 7.23. The lowest BCUT2D eigenvalue weighted by Gasteiger charge is -2.37. The zero-order valence-corrected chi connectivity index (χ0v) is 19.6. The van der Waals surface area contributed by atoms with Gasteiger partial charge >= 0.3 is 0 Å². The Morgan fingerprint density at radius 1 is 0.966 bits per heavy atom. The molecule has 29 heavy (non-hydrogen) atoms. The Hall–Kier alpha value is -1.17. The Bertz CT molecular complexity index is 781. The lowest BCUT2D eigenvalue weighted by atomic mass is 10.1. The first-order valence-electron chi connectivity index (χ1n) is 9.54. The second kappa shape index (κ2) is 11.9. The molecule has 0 aromatic heterocycles. The minimum atomic E-state index is -0.495. The number of anilines is 1. The first kappa shape index (κ1) is 25.9. The smallest absolute Gasteiger partial charge is 0.122 e. The number of aliphatic hydroxyl groups is 1. The highest BCUT2D eigenvalue weighted by atomic mass is 35.5. The maximum atomic E-state index is 10.4.